The molecule has 0 radical (unpaired) electrons. The summed E-state index contributed by atoms with van der Waals surface area (Å²) in [4.78, 5) is 12.2. The number of rotatable bonds is 5. The second-order valence-corrected chi connectivity index (χ2v) is 5.57. The van der Waals surface area contributed by atoms with Crippen LogP contribution in [-0.4, -0.2) is 11.9 Å². The molecule has 2 rings (SSSR count). The smallest absolute Gasteiger partial charge is 0.253 e. The van der Waals surface area contributed by atoms with Crippen molar-refractivity contribution in [3.05, 3.63) is 64.7 Å². The summed E-state index contributed by atoms with van der Waals surface area (Å²) in [5.41, 5.74) is 7.95. The molecule has 3 nitrogen and oxygen atoms in total. The van der Waals surface area contributed by atoms with Crippen LogP contribution in [0, 0.1) is 0 Å². The molecule has 3 N–H and O–H groups in total. The van der Waals surface area contributed by atoms with E-state index in [9.17, 15) is 4.79 Å². The Hall–Kier alpha value is -2.00. The van der Waals surface area contributed by atoms with Crippen molar-refractivity contribution in [2.45, 2.75) is 25.8 Å². The molecule has 0 fully saturated rings. The van der Waals surface area contributed by atoms with Crippen molar-refractivity contribution in [1.82, 2.24) is 5.32 Å². The highest BCUT2D eigenvalue weighted by molar-refractivity contribution is 6.31. The quantitative estimate of drug-likeness (QED) is 0.828. The molecule has 0 bridgehead atoms. The summed E-state index contributed by atoms with van der Waals surface area (Å²) >= 11 is 5.83. The van der Waals surface area contributed by atoms with Gasteiger partial charge in [-0.25, -0.2) is 0 Å². The number of aryl methyl sites for hydroxylation is 1. The van der Waals surface area contributed by atoms with Crippen LogP contribution in [0.5, 0.6) is 0 Å². The van der Waals surface area contributed by atoms with Gasteiger partial charge in [0.2, 0.25) is 0 Å². The molecular weight excluding hydrogens is 284 g/mol. The van der Waals surface area contributed by atoms with Gasteiger partial charge in [-0.2, -0.15) is 0 Å². The van der Waals surface area contributed by atoms with E-state index in [-0.39, 0.29) is 11.9 Å². The first-order chi connectivity index (χ1) is 10.1. The minimum absolute atomic E-state index is 0.0767. The van der Waals surface area contributed by atoms with Gasteiger partial charge in [0, 0.05) is 16.8 Å². The van der Waals surface area contributed by atoms with Gasteiger partial charge in [0.15, 0.2) is 0 Å². The first-order valence-electron chi connectivity index (χ1n) is 6.96. The lowest BCUT2D eigenvalue weighted by Crippen LogP contribution is -2.33. The molecule has 2 aromatic carbocycles. The van der Waals surface area contributed by atoms with Crippen LogP contribution in [0.3, 0.4) is 0 Å². The van der Waals surface area contributed by atoms with Gasteiger partial charge in [0.1, 0.15) is 0 Å². The Morgan fingerprint density at radius 2 is 1.95 bits per heavy atom. The Balaban J connectivity index is 1.90. The van der Waals surface area contributed by atoms with Gasteiger partial charge in [-0.05, 0) is 43.5 Å². The number of hydrogen-bond donors (Lipinski definition) is 2. The number of hydrogen-bond acceptors (Lipinski definition) is 2. The molecule has 0 aliphatic carbocycles. The van der Waals surface area contributed by atoms with Crippen molar-refractivity contribution < 1.29 is 4.79 Å². The van der Waals surface area contributed by atoms with Gasteiger partial charge in [0.05, 0.1) is 5.56 Å². The third kappa shape index (κ3) is 4.50. The third-order valence-electron chi connectivity index (χ3n) is 3.34. The van der Waals surface area contributed by atoms with Crippen molar-refractivity contribution in [2.24, 2.45) is 0 Å². The first kappa shape index (κ1) is 15.4. The minimum atomic E-state index is -0.162. The van der Waals surface area contributed by atoms with Crippen LogP contribution in [0.15, 0.2) is 48.5 Å². The SMILES string of the molecule is CC(CCc1ccccc1)NC(=O)c1ccc(Cl)cc1N. The monoisotopic (exact) mass is 302 g/mol. The fourth-order valence-corrected chi connectivity index (χ4v) is 2.32. The summed E-state index contributed by atoms with van der Waals surface area (Å²) in [6, 6.07) is 15.2. The molecule has 0 aliphatic rings. The van der Waals surface area contributed by atoms with Crippen LogP contribution in [0.25, 0.3) is 0 Å². The second kappa shape index (κ2) is 7.14. The number of nitrogens with two attached hydrogens (primary N) is 1. The third-order valence-corrected chi connectivity index (χ3v) is 3.58. The highest BCUT2D eigenvalue weighted by Gasteiger charge is 2.12. The van der Waals surface area contributed by atoms with Gasteiger partial charge in [-0.15, -0.1) is 0 Å². The van der Waals surface area contributed by atoms with E-state index in [4.69, 9.17) is 17.3 Å². The molecular formula is C17H19ClN2O. The average molecular weight is 303 g/mol. The van der Waals surface area contributed by atoms with Crippen LogP contribution in [0.1, 0.15) is 29.3 Å². The van der Waals surface area contributed by atoms with Crippen LogP contribution < -0.4 is 11.1 Å². The average Bonchev–Trinajstić information content (AvgIpc) is 2.46. The molecule has 0 aliphatic heterocycles. The number of anilines is 1. The molecule has 1 atom stereocenters. The molecule has 0 saturated carbocycles. The van der Waals surface area contributed by atoms with Gasteiger partial charge in [0.25, 0.3) is 5.91 Å². The number of carbonyl (C=O) groups excluding carboxylic acids is 1. The Morgan fingerprint density at radius 3 is 2.62 bits per heavy atom. The number of carbonyl (C=O) groups is 1. The Kier molecular flexibility index (Phi) is 5.23. The molecule has 21 heavy (non-hydrogen) atoms. The summed E-state index contributed by atoms with van der Waals surface area (Å²) in [7, 11) is 0. The van der Waals surface area contributed by atoms with E-state index in [0.29, 0.717) is 16.3 Å². The zero-order chi connectivity index (χ0) is 15.2. The highest BCUT2D eigenvalue weighted by Crippen LogP contribution is 2.18. The van der Waals surface area contributed by atoms with Gasteiger partial charge < -0.3 is 11.1 Å². The van der Waals surface area contributed by atoms with Crippen molar-refractivity contribution in [2.75, 3.05) is 5.73 Å². The highest BCUT2D eigenvalue weighted by atomic mass is 35.5. The van der Waals surface area contributed by atoms with Crippen LogP contribution in [-0.2, 0) is 6.42 Å². The summed E-state index contributed by atoms with van der Waals surface area (Å²) in [6.45, 7) is 1.99. The number of nitrogens with one attached hydrogen (secondary N) is 1. The fourth-order valence-electron chi connectivity index (χ4n) is 2.14. The predicted molar refractivity (Wildman–Crippen MR) is 87.6 cm³/mol. The number of nitrogen functional groups attached to an aromatic ring is 1. The standard InChI is InChI=1S/C17H19ClN2O/c1-12(7-8-13-5-3-2-4-6-13)20-17(21)15-10-9-14(18)11-16(15)19/h2-6,9-12H,7-8,19H2,1H3,(H,20,21). The van der Waals surface area contributed by atoms with Crippen molar-refractivity contribution in [3.63, 3.8) is 0 Å². The molecule has 1 unspecified atom stereocenters. The van der Waals surface area contributed by atoms with Gasteiger partial charge in [-0.1, -0.05) is 41.9 Å². The minimum Gasteiger partial charge on any atom is -0.398 e. The maximum Gasteiger partial charge on any atom is 0.253 e. The fraction of sp³-hybridized carbons (Fsp3) is 0.235. The molecule has 0 heterocycles. The summed E-state index contributed by atoms with van der Waals surface area (Å²) < 4.78 is 0. The normalized spacial score (nSPS) is 11.9. The second-order valence-electron chi connectivity index (χ2n) is 5.13. The summed E-state index contributed by atoms with van der Waals surface area (Å²) in [6.07, 6.45) is 1.81. The number of amides is 1. The molecule has 110 valence electrons. The molecule has 2 aromatic rings. The molecule has 0 spiro atoms. The van der Waals surface area contributed by atoms with Crippen LogP contribution >= 0.6 is 11.6 Å². The van der Waals surface area contributed by atoms with Crippen molar-refractivity contribution in [3.8, 4) is 0 Å². The molecule has 1 amide bonds. The largest absolute Gasteiger partial charge is 0.398 e. The lowest BCUT2D eigenvalue weighted by Gasteiger charge is -2.15. The molecule has 0 saturated heterocycles. The molecule has 4 heteroatoms. The van der Waals surface area contributed by atoms with Crippen molar-refractivity contribution in [1.29, 1.82) is 0 Å². The summed E-state index contributed by atoms with van der Waals surface area (Å²) in [5.74, 6) is -0.162. The predicted octanol–water partition coefficient (Wildman–Crippen LogP) is 3.67. The van der Waals surface area contributed by atoms with Gasteiger partial charge in [-0.3, -0.25) is 4.79 Å². The lowest BCUT2D eigenvalue weighted by atomic mass is 10.1. The first-order valence-corrected chi connectivity index (χ1v) is 7.34. The topological polar surface area (TPSA) is 55.1 Å². The Morgan fingerprint density at radius 1 is 1.24 bits per heavy atom. The Labute approximate surface area is 130 Å². The van der Waals surface area contributed by atoms with E-state index in [1.54, 1.807) is 18.2 Å². The van der Waals surface area contributed by atoms with E-state index in [1.807, 2.05) is 25.1 Å². The maximum atomic E-state index is 12.2. The Bertz CT molecular complexity index is 613. The van der Waals surface area contributed by atoms with Crippen LogP contribution in [0.2, 0.25) is 5.02 Å². The summed E-state index contributed by atoms with van der Waals surface area (Å²) in [5, 5.41) is 3.49. The number of halogens is 1. The van der Waals surface area contributed by atoms with E-state index in [0.717, 1.165) is 12.8 Å². The molecule has 0 aromatic heterocycles. The van der Waals surface area contributed by atoms with E-state index >= 15 is 0 Å². The lowest BCUT2D eigenvalue weighted by molar-refractivity contribution is 0.0939. The van der Waals surface area contributed by atoms with E-state index in [1.165, 1.54) is 5.56 Å². The van der Waals surface area contributed by atoms with Gasteiger partial charge >= 0.3 is 0 Å². The number of benzene rings is 2. The van der Waals surface area contributed by atoms with E-state index < -0.39 is 0 Å². The maximum absolute atomic E-state index is 12.2. The van der Waals surface area contributed by atoms with Crippen LogP contribution in [0.4, 0.5) is 5.69 Å². The zero-order valence-electron chi connectivity index (χ0n) is 12.0. The zero-order valence-corrected chi connectivity index (χ0v) is 12.7. The van der Waals surface area contributed by atoms with E-state index in [2.05, 4.69) is 17.4 Å². The van der Waals surface area contributed by atoms with Crippen molar-refractivity contribution >= 4 is 23.2 Å².